The lowest BCUT2D eigenvalue weighted by Gasteiger charge is -2.10. The first kappa shape index (κ1) is 14.2. The summed E-state index contributed by atoms with van der Waals surface area (Å²) in [7, 11) is 4.88. The first-order chi connectivity index (χ1) is 8.71. The van der Waals surface area contributed by atoms with Gasteiger partial charge in [-0.05, 0) is 36.6 Å². The monoisotopic (exact) mass is 252 g/mol. The Bertz CT molecular complexity index is 394. The van der Waals surface area contributed by atoms with Gasteiger partial charge in [0.1, 0.15) is 11.5 Å². The summed E-state index contributed by atoms with van der Waals surface area (Å²) in [6.45, 7) is 0.625. The maximum Gasteiger partial charge on any atom is 0.314 e. The van der Waals surface area contributed by atoms with E-state index in [0.717, 1.165) is 29.9 Å². The highest BCUT2D eigenvalue weighted by Gasteiger charge is 2.05. The summed E-state index contributed by atoms with van der Waals surface area (Å²) >= 11 is 0. The molecule has 0 aromatic heterocycles. The lowest BCUT2D eigenvalue weighted by molar-refractivity contribution is 0.243. The fraction of sp³-hybridized carbons (Fsp3) is 0.462. The van der Waals surface area contributed by atoms with Crippen molar-refractivity contribution >= 4 is 6.03 Å². The number of hydrogen-bond donors (Lipinski definition) is 2. The summed E-state index contributed by atoms with van der Waals surface area (Å²) < 4.78 is 10.5. The Balaban J connectivity index is 2.52. The minimum absolute atomic E-state index is 0.160. The molecule has 1 aromatic carbocycles. The predicted molar refractivity (Wildman–Crippen MR) is 70.3 cm³/mol. The average molecular weight is 252 g/mol. The van der Waals surface area contributed by atoms with Crippen molar-refractivity contribution in [1.29, 1.82) is 0 Å². The van der Waals surface area contributed by atoms with Crippen LogP contribution in [0.1, 0.15) is 12.0 Å². The van der Waals surface area contributed by atoms with Gasteiger partial charge < -0.3 is 20.1 Å². The van der Waals surface area contributed by atoms with E-state index in [0.29, 0.717) is 6.54 Å². The Hall–Kier alpha value is -1.91. The van der Waals surface area contributed by atoms with Gasteiger partial charge in [-0.1, -0.05) is 0 Å². The summed E-state index contributed by atoms with van der Waals surface area (Å²) in [4.78, 5) is 11.0. The van der Waals surface area contributed by atoms with Gasteiger partial charge in [0.2, 0.25) is 0 Å². The largest absolute Gasteiger partial charge is 0.497 e. The Kier molecular flexibility index (Phi) is 5.84. The van der Waals surface area contributed by atoms with Gasteiger partial charge in [-0.3, -0.25) is 0 Å². The second kappa shape index (κ2) is 7.42. The fourth-order valence-corrected chi connectivity index (χ4v) is 1.65. The normalized spacial score (nSPS) is 9.72. The highest BCUT2D eigenvalue weighted by atomic mass is 16.5. The number of ether oxygens (including phenoxy) is 2. The van der Waals surface area contributed by atoms with Crippen LogP contribution in [0.3, 0.4) is 0 Å². The summed E-state index contributed by atoms with van der Waals surface area (Å²) in [5.74, 6) is 1.65. The van der Waals surface area contributed by atoms with Crippen molar-refractivity contribution in [2.45, 2.75) is 12.8 Å². The quantitative estimate of drug-likeness (QED) is 0.755. The van der Waals surface area contributed by atoms with Crippen LogP contribution in [0.4, 0.5) is 4.79 Å². The number of urea groups is 1. The molecule has 0 spiro atoms. The Morgan fingerprint density at radius 1 is 1.28 bits per heavy atom. The molecule has 18 heavy (non-hydrogen) atoms. The fourth-order valence-electron chi connectivity index (χ4n) is 1.65. The van der Waals surface area contributed by atoms with Gasteiger partial charge in [-0.25, -0.2) is 4.79 Å². The van der Waals surface area contributed by atoms with Gasteiger partial charge >= 0.3 is 6.03 Å². The molecule has 0 heterocycles. The van der Waals surface area contributed by atoms with Crippen LogP contribution < -0.4 is 20.1 Å². The first-order valence-electron chi connectivity index (χ1n) is 5.87. The molecule has 2 N–H and O–H groups in total. The third kappa shape index (κ3) is 4.16. The topological polar surface area (TPSA) is 59.6 Å². The number of hydrogen-bond acceptors (Lipinski definition) is 3. The lowest BCUT2D eigenvalue weighted by atomic mass is 10.1. The number of carbonyl (C=O) groups excluding carboxylic acids is 1. The predicted octanol–water partition coefficient (Wildman–Crippen LogP) is 1.57. The van der Waals surface area contributed by atoms with Gasteiger partial charge in [0.05, 0.1) is 14.2 Å². The number of methoxy groups -OCH3 is 2. The lowest BCUT2D eigenvalue weighted by Crippen LogP contribution is -2.33. The molecule has 0 bridgehead atoms. The maximum absolute atomic E-state index is 11.0. The Labute approximate surface area is 107 Å². The number of nitrogens with one attached hydrogen (secondary N) is 2. The molecule has 0 aliphatic carbocycles. The molecular formula is C13H20N2O3. The molecule has 5 heteroatoms. The number of amides is 2. The molecule has 0 aliphatic rings. The standard InChI is InChI=1S/C13H20N2O3/c1-14-13(16)15-8-4-5-10-9-11(17-2)6-7-12(10)18-3/h6-7,9H,4-5,8H2,1-3H3,(H2,14,15,16). The SMILES string of the molecule is CNC(=O)NCCCc1cc(OC)ccc1OC. The minimum atomic E-state index is -0.160. The molecule has 0 saturated heterocycles. The molecule has 1 rings (SSSR count). The number of aryl methyl sites for hydroxylation is 1. The van der Waals surface area contributed by atoms with E-state index >= 15 is 0 Å². The second-order valence-electron chi connectivity index (χ2n) is 3.79. The van der Waals surface area contributed by atoms with Gasteiger partial charge in [0.15, 0.2) is 0 Å². The van der Waals surface area contributed by atoms with E-state index in [1.165, 1.54) is 0 Å². The van der Waals surface area contributed by atoms with Gasteiger partial charge in [0.25, 0.3) is 0 Å². The smallest absolute Gasteiger partial charge is 0.314 e. The van der Waals surface area contributed by atoms with Crippen LogP contribution in [0.15, 0.2) is 18.2 Å². The van der Waals surface area contributed by atoms with Crippen LogP contribution in [0, 0.1) is 0 Å². The van der Waals surface area contributed by atoms with E-state index < -0.39 is 0 Å². The van der Waals surface area contributed by atoms with E-state index in [-0.39, 0.29) is 6.03 Å². The van der Waals surface area contributed by atoms with E-state index in [9.17, 15) is 4.79 Å². The van der Waals surface area contributed by atoms with Crippen LogP contribution in [-0.4, -0.2) is 33.8 Å². The number of benzene rings is 1. The Morgan fingerprint density at radius 2 is 2.06 bits per heavy atom. The van der Waals surface area contributed by atoms with Gasteiger partial charge in [-0.2, -0.15) is 0 Å². The summed E-state index contributed by atoms with van der Waals surface area (Å²) in [6, 6.07) is 5.55. The number of rotatable bonds is 6. The van der Waals surface area contributed by atoms with Crippen LogP contribution in [-0.2, 0) is 6.42 Å². The van der Waals surface area contributed by atoms with Crippen molar-refractivity contribution in [3.05, 3.63) is 23.8 Å². The van der Waals surface area contributed by atoms with Crippen LogP contribution in [0.25, 0.3) is 0 Å². The van der Waals surface area contributed by atoms with Crippen molar-refractivity contribution in [3.8, 4) is 11.5 Å². The van der Waals surface area contributed by atoms with Gasteiger partial charge in [-0.15, -0.1) is 0 Å². The number of carbonyl (C=O) groups is 1. The summed E-state index contributed by atoms with van der Waals surface area (Å²) in [5.41, 5.74) is 1.08. The zero-order valence-electron chi connectivity index (χ0n) is 11.1. The first-order valence-corrected chi connectivity index (χ1v) is 5.87. The van der Waals surface area contributed by atoms with Crippen LogP contribution in [0.5, 0.6) is 11.5 Å². The highest BCUT2D eigenvalue weighted by Crippen LogP contribution is 2.24. The zero-order valence-corrected chi connectivity index (χ0v) is 11.1. The van der Waals surface area contributed by atoms with Gasteiger partial charge in [0, 0.05) is 13.6 Å². The minimum Gasteiger partial charge on any atom is -0.497 e. The molecule has 0 aliphatic heterocycles. The molecule has 100 valence electrons. The molecule has 5 nitrogen and oxygen atoms in total. The van der Waals surface area contributed by atoms with Crippen molar-refractivity contribution < 1.29 is 14.3 Å². The molecule has 1 aromatic rings. The molecular weight excluding hydrogens is 232 g/mol. The average Bonchev–Trinajstić information content (AvgIpc) is 2.42. The van der Waals surface area contributed by atoms with E-state index in [1.54, 1.807) is 21.3 Å². The zero-order chi connectivity index (χ0) is 13.4. The van der Waals surface area contributed by atoms with E-state index in [2.05, 4.69) is 10.6 Å². The highest BCUT2D eigenvalue weighted by molar-refractivity contribution is 5.73. The third-order valence-electron chi connectivity index (χ3n) is 2.62. The summed E-state index contributed by atoms with van der Waals surface area (Å²) in [5, 5.41) is 5.26. The third-order valence-corrected chi connectivity index (χ3v) is 2.62. The van der Waals surface area contributed by atoms with E-state index in [4.69, 9.17) is 9.47 Å². The molecule has 0 atom stereocenters. The second-order valence-corrected chi connectivity index (χ2v) is 3.79. The van der Waals surface area contributed by atoms with Crippen molar-refractivity contribution in [2.75, 3.05) is 27.8 Å². The summed E-state index contributed by atoms with van der Waals surface area (Å²) in [6.07, 6.45) is 1.67. The molecule has 0 fully saturated rings. The Morgan fingerprint density at radius 3 is 2.67 bits per heavy atom. The molecule has 0 unspecified atom stereocenters. The van der Waals surface area contributed by atoms with E-state index in [1.807, 2.05) is 18.2 Å². The van der Waals surface area contributed by atoms with Crippen LogP contribution in [0.2, 0.25) is 0 Å². The molecule has 0 radical (unpaired) electrons. The molecule has 2 amide bonds. The van der Waals surface area contributed by atoms with Crippen molar-refractivity contribution in [1.82, 2.24) is 10.6 Å². The van der Waals surface area contributed by atoms with Crippen molar-refractivity contribution in [2.24, 2.45) is 0 Å². The van der Waals surface area contributed by atoms with Crippen molar-refractivity contribution in [3.63, 3.8) is 0 Å². The maximum atomic E-state index is 11.0. The van der Waals surface area contributed by atoms with Crippen LogP contribution >= 0.6 is 0 Å². The molecule has 0 saturated carbocycles.